The van der Waals surface area contributed by atoms with Gasteiger partial charge in [-0.1, -0.05) is 208 Å². The summed E-state index contributed by atoms with van der Waals surface area (Å²) in [5.41, 5.74) is 26.0. The van der Waals surface area contributed by atoms with Gasteiger partial charge in [0, 0.05) is 22.5 Å². The first-order chi connectivity index (χ1) is 32.0. The molecule has 0 bridgehead atoms. The van der Waals surface area contributed by atoms with Crippen molar-refractivity contribution in [2.24, 2.45) is 0 Å². The van der Waals surface area contributed by atoms with E-state index in [1.54, 1.807) is 0 Å². The van der Waals surface area contributed by atoms with E-state index in [2.05, 4.69) is 255 Å². The third-order valence-corrected chi connectivity index (χ3v) is 14.7. The topological polar surface area (TPSA) is 3.24 Å². The Bertz CT molecular complexity index is 3460. The van der Waals surface area contributed by atoms with Crippen molar-refractivity contribution in [3.63, 3.8) is 0 Å². The van der Waals surface area contributed by atoms with E-state index in [9.17, 15) is 0 Å². The monoisotopic (exact) mass is 827 g/mol. The average Bonchev–Trinajstić information content (AvgIpc) is 3.93. The van der Waals surface area contributed by atoms with Crippen LogP contribution in [0.1, 0.15) is 47.2 Å². The molecule has 1 spiro atoms. The first kappa shape index (κ1) is 37.5. The first-order valence-corrected chi connectivity index (χ1v) is 22.8. The van der Waals surface area contributed by atoms with Gasteiger partial charge in [0.2, 0.25) is 0 Å². The van der Waals surface area contributed by atoms with Gasteiger partial charge < -0.3 is 4.90 Å². The van der Waals surface area contributed by atoms with Crippen LogP contribution in [0.15, 0.2) is 237 Å². The Hall–Kier alpha value is -8.00. The lowest BCUT2D eigenvalue weighted by molar-refractivity contribution is 0.660. The van der Waals surface area contributed by atoms with Crippen LogP contribution in [-0.4, -0.2) is 0 Å². The van der Waals surface area contributed by atoms with Gasteiger partial charge in [0.15, 0.2) is 0 Å². The van der Waals surface area contributed by atoms with Crippen LogP contribution in [0.25, 0.3) is 66.8 Å². The summed E-state index contributed by atoms with van der Waals surface area (Å²) in [7, 11) is 0. The molecule has 10 aromatic rings. The molecule has 0 saturated heterocycles. The molecule has 0 unspecified atom stereocenters. The molecule has 1 heteroatoms. The van der Waals surface area contributed by atoms with Gasteiger partial charge in [-0.05, 0) is 143 Å². The molecule has 0 atom stereocenters. The van der Waals surface area contributed by atoms with Crippen LogP contribution in [0, 0.1) is 0 Å². The molecule has 0 heterocycles. The van der Waals surface area contributed by atoms with Crippen LogP contribution in [0.2, 0.25) is 0 Å². The summed E-state index contributed by atoms with van der Waals surface area (Å²) in [5, 5.41) is 0. The van der Waals surface area contributed by atoms with Crippen molar-refractivity contribution >= 4 is 17.1 Å². The SMILES string of the molecule is CC1(C)c2ccccc2-c2ccc(N(c3ccc(-c4ccccc4)cc3)c3cc(-c4ccccc4)cc(-c4cccc5c4-c4ccccc4C54c5ccccc5-c5ccccc54)c3)cc21. The molecular weight excluding hydrogens is 783 g/mol. The lowest BCUT2D eigenvalue weighted by Crippen LogP contribution is -2.25. The minimum absolute atomic E-state index is 0.146. The third kappa shape index (κ3) is 5.46. The number of hydrogen-bond acceptors (Lipinski definition) is 1. The van der Waals surface area contributed by atoms with Gasteiger partial charge >= 0.3 is 0 Å². The highest BCUT2D eigenvalue weighted by Gasteiger charge is 2.52. The average molecular weight is 828 g/mol. The minimum Gasteiger partial charge on any atom is -0.310 e. The zero-order chi connectivity index (χ0) is 43.3. The fourth-order valence-corrected chi connectivity index (χ4v) is 11.8. The fourth-order valence-electron chi connectivity index (χ4n) is 11.8. The van der Waals surface area contributed by atoms with E-state index in [1.165, 1.54) is 100 Å². The molecule has 1 nitrogen and oxygen atoms in total. The van der Waals surface area contributed by atoms with Gasteiger partial charge in [-0.2, -0.15) is 0 Å². The van der Waals surface area contributed by atoms with Crippen LogP contribution in [0.5, 0.6) is 0 Å². The molecule has 0 aromatic heterocycles. The normalized spacial score (nSPS) is 13.9. The predicted octanol–water partition coefficient (Wildman–Crippen LogP) is 16.8. The van der Waals surface area contributed by atoms with Crippen LogP contribution in [-0.2, 0) is 10.8 Å². The van der Waals surface area contributed by atoms with E-state index < -0.39 is 5.41 Å². The summed E-state index contributed by atoms with van der Waals surface area (Å²) < 4.78 is 0. The molecule has 0 amide bonds. The first-order valence-electron chi connectivity index (χ1n) is 22.8. The largest absolute Gasteiger partial charge is 0.310 e. The second-order valence-corrected chi connectivity index (χ2v) is 18.4. The highest BCUT2D eigenvalue weighted by atomic mass is 15.1. The van der Waals surface area contributed by atoms with Crippen molar-refractivity contribution in [3.05, 3.63) is 270 Å². The van der Waals surface area contributed by atoms with Crippen molar-refractivity contribution in [2.75, 3.05) is 4.90 Å². The van der Waals surface area contributed by atoms with E-state index in [1.807, 2.05) is 0 Å². The maximum absolute atomic E-state index is 2.48. The Morgan fingerprint density at radius 1 is 0.262 bits per heavy atom. The van der Waals surface area contributed by atoms with Gasteiger partial charge in [-0.15, -0.1) is 0 Å². The van der Waals surface area contributed by atoms with E-state index in [0.717, 1.165) is 17.1 Å². The summed E-state index contributed by atoms with van der Waals surface area (Å²) >= 11 is 0. The zero-order valence-corrected chi connectivity index (χ0v) is 36.5. The standard InChI is InChI=1S/C64H45N/c1-63(2)56-27-13-9-22-51(56)54-37-36-48(41-61(54)63)65(47-34-32-44(33-35-47)42-18-5-3-6-19-42)49-39-45(43-20-7-4-8-21-43)38-46(40-49)50-26-17-31-60-62(50)55-25-12-16-30-59(55)64(60)57-28-14-10-23-52(57)53-24-11-15-29-58(53)64/h3-41H,1-2H3. The summed E-state index contributed by atoms with van der Waals surface area (Å²) in [5.74, 6) is 0. The van der Waals surface area contributed by atoms with E-state index in [4.69, 9.17) is 0 Å². The maximum Gasteiger partial charge on any atom is 0.0725 e. The zero-order valence-electron chi connectivity index (χ0n) is 36.5. The summed E-state index contributed by atoms with van der Waals surface area (Å²) in [6.07, 6.45) is 0. The second kappa shape index (κ2) is 14.3. The Morgan fingerprint density at radius 3 is 1.35 bits per heavy atom. The van der Waals surface area contributed by atoms with Crippen LogP contribution < -0.4 is 4.90 Å². The Kier molecular flexibility index (Phi) is 8.24. The number of hydrogen-bond donors (Lipinski definition) is 0. The molecule has 13 rings (SSSR count). The molecule has 0 fully saturated rings. The van der Waals surface area contributed by atoms with E-state index >= 15 is 0 Å². The summed E-state index contributed by atoms with van der Waals surface area (Å²) in [6, 6.07) is 88.3. The van der Waals surface area contributed by atoms with Gasteiger partial charge in [-0.3, -0.25) is 0 Å². The lowest BCUT2D eigenvalue weighted by atomic mass is 9.70. The van der Waals surface area contributed by atoms with Crippen molar-refractivity contribution in [1.29, 1.82) is 0 Å². The highest BCUT2D eigenvalue weighted by Crippen LogP contribution is 2.64. The van der Waals surface area contributed by atoms with Gasteiger partial charge in [-0.25, -0.2) is 0 Å². The molecule has 0 N–H and O–H groups in total. The molecular formula is C64H45N. The van der Waals surface area contributed by atoms with Crippen molar-refractivity contribution in [2.45, 2.75) is 24.7 Å². The predicted molar refractivity (Wildman–Crippen MR) is 271 cm³/mol. The quantitative estimate of drug-likeness (QED) is 0.161. The van der Waals surface area contributed by atoms with E-state index in [-0.39, 0.29) is 5.41 Å². The van der Waals surface area contributed by atoms with Gasteiger partial charge in [0.05, 0.1) is 5.41 Å². The van der Waals surface area contributed by atoms with Crippen molar-refractivity contribution in [1.82, 2.24) is 0 Å². The highest BCUT2D eigenvalue weighted by molar-refractivity contribution is 6.01. The molecule has 0 saturated carbocycles. The van der Waals surface area contributed by atoms with Crippen LogP contribution in [0.4, 0.5) is 17.1 Å². The second-order valence-electron chi connectivity index (χ2n) is 18.4. The van der Waals surface area contributed by atoms with Gasteiger partial charge in [0.1, 0.15) is 0 Å². The molecule has 3 aliphatic rings. The number of anilines is 3. The fraction of sp³-hybridized carbons (Fsp3) is 0.0625. The number of rotatable bonds is 6. The summed E-state index contributed by atoms with van der Waals surface area (Å²) in [4.78, 5) is 2.48. The molecule has 10 aromatic carbocycles. The molecule has 0 aliphatic heterocycles. The van der Waals surface area contributed by atoms with Crippen LogP contribution in [0.3, 0.4) is 0 Å². The molecule has 0 radical (unpaired) electrons. The Morgan fingerprint density at radius 2 is 0.708 bits per heavy atom. The smallest absolute Gasteiger partial charge is 0.0725 e. The molecule has 306 valence electrons. The number of benzene rings is 10. The Labute approximate surface area is 381 Å². The lowest BCUT2D eigenvalue weighted by Gasteiger charge is -2.30. The van der Waals surface area contributed by atoms with Crippen molar-refractivity contribution < 1.29 is 0 Å². The van der Waals surface area contributed by atoms with Crippen molar-refractivity contribution in [3.8, 4) is 66.8 Å². The molecule has 65 heavy (non-hydrogen) atoms. The maximum atomic E-state index is 2.48. The number of fused-ring (bicyclic) bond motifs is 13. The Balaban J connectivity index is 1.06. The van der Waals surface area contributed by atoms with Gasteiger partial charge in [0.25, 0.3) is 0 Å². The van der Waals surface area contributed by atoms with E-state index in [0.29, 0.717) is 0 Å². The summed E-state index contributed by atoms with van der Waals surface area (Å²) in [6.45, 7) is 4.74. The third-order valence-electron chi connectivity index (χ3n) is 14.7. The number of nitrogens with zero attached hydrogens (tertiary/aromatic N) is 1. The molecule has 3 aliphatic carbocycles. The minimum atomic E-state index is -0.420. The van der Waals surface area contributed by atoms with Crippen LogP contribution >= 0.6 is 0 Å².